The molecule has 0 bridgehead atoms. The van der Waals surface area contributed by atoms with Gasteiger partial charge in [0.05, 0.1) is 0 Å². The molecule has 1 aliphatic heterocycles. The first-order valence-electron chi connectivity index (χ1n) is 7.35. The maximum absolute atomic E-state index is 12.4. The van der Waals surface area contributed by atoms with Gasteiger partial charge >= 0.3 is 21.7 Å². The number of alkyl halides is 3. The maximum atomic E-state index is 12.4. The lowest BCUT2D eigenvalue weighted by Gasteiger charge is -2.26. The van der Waals surface area contributed by atoms with Crippen molar-refractivity contribution in [1.29, 1.82) is 0 Å². The standard InChI is InChI=1S/C13H18F3N3O5S/c1-12(2,3)23-11(20)19-6-4-8-9(5-7-19)17-18-10(8)24-25(21,22)13(14,15)16/h4-7H2,1-3H3,(H,17,18). The summed E-state index contributed by atoms with van der Waals surface area (Å²) in [5, 5.41) is 5.97. The molecule has 25 heavy (non-hydrogen) atoms. The third-order valence-corrected chi connectivity index (χ3v) is 4.25. The molecule has 0 radical (unpaired) electrons. The molecule has 12 heteroatoms. The van der Waals surface area contributed by atoms with Crippen molar-refractivity contribution in [3.8, 4) is 5.88 Å². The number of amides is 1. The van der Waals surface area contributed by atoms with Crippen LogP contribution in [0.3, 0.4) is 0 Å². The molecule has 0 saturated carbocycles. The topological polar surface area (TPSA) is 102 Å². The van der Waals surface area contributed by atoms with E-state index in [0.717, 1.165) is 0 Å². The molecule has 142 valence electrons. The summed E-state index contributed by atoms with van der Waals surface area (Å²) in [4.78, 5) is 13.5. The molecule has 0 aliphatic carbocycles. The number of rotatable bonds is 2. The van der Waals surface area contributed by atoms with E-state index in [1.165, 1.54) is 4.90 Å². The zero-order valence-corrected chi connectivity index (χ0v) is 14.6. The van der Waals surface area contributed by atoms with Crippen molar-refractivity contribution in [2.75, 3.05) is 13.1 Å². The summed E-state index contributed by atoms with van der Waals surface area (Å²) >= 11 is 0. The predicted octanol–water partition coefficient (Wildman–Crippen LogP) is 1.97. The molecule has 0 unspecified atom stereocenters. The van der Waals surface area contributed by atoms with Crippen LogP contribution >= 0.6 is 0 Å². The van der Waals surface area contributed by atoms with Gasteiger partial charge < -0.3 is 13.8 Å². The number of aromatic amines is 1. The summed E-state index contributed by atoms with van der Waals surface area (Å²) in [7, 11) is -5.81. The van der Waals surface area contributed by atoms with E-state index in [-0.39, 0.29) is 31.5 Å². The summed E-state index contributed by atoms with van der Waals surface area (Å²) in [6, 6.07) is 0. The minimum atomic E-state index is -5.81. The Balaban J connectivity index is 2.14. The highest BCUT2D eigenvalue weighted by Gasteiger charge is 2.49. The third-order valence-electron chi connectivity index (χ3n) is 3.30. The number of carbonyl (C=O) groups is 1. The van der Waals surface area contributed by atoms with E-state index in [2.05, 4.69) is 14.4 Å². The molecule has 0 spiro atoms. The van der Waals surface area contributed by atoms with Gasteiger partial charge in [-0.25, -0.2) is 4.79 Å². The van der Waals surface area contributed by atoms with Crippen molar-refractivity contribution in [1.82, 2.24) is 15.1 Å². The Kier molecular flexibility index (Phi) is 4.94. The van der Waals surface area contributed by atoms with E-state index in [0.29, 0.717) is 5.69 Å². The van der Waals surface area contributed by atoms with Crippen LogP contribution in [-0.2, 0) is 27.7 Å². The van der Waals surface area contributed by atoms with Crippen molar-refractivity contribution in [3.63, 3.8) is 0 Å². The molecule has 2 heterocycles. The first kappa shape index (κ1) is 19.3. The normalized spacial score (nSPS) is 16.2. The number of nitrogens with zero attached hydrogens (tertiary/aromatic N) is 2. The number of hydrogen-bond donors (Lipinski definition) is 1. The molecular weight excluding hydrogens is 367 g/mol. The van der Waals surface area contributed by atoms with Crippen molar-refractivity contribution in [2.45, 2.75) is 44.7 Å². The van der Waals surface area contributed by atoms with Gasteiger partial charge in [0.25, 0.3) is 5.88 Å². The lowest BCUT2D eigenvalue weighted by atomic mass is 10.1. The van der Waals surface area contributed by atoms with Gasteiger partial charge in [-0.1, -0.05) is 0 Å². The quantitative estimate of drug-likeness (QED) is 0.617. The van der Waals surface area contributed by atoms with Crippen molar-refractivity contribution in [3.05, 3.63) is 11.3 Å². The van der Waals surface area contributed by atoms with Gasteiger partial charge in [0.2, 0.25) is 0 Å². The highest BCUT2D eigenvalue weighted by molar-refractivity contribution is 7.87. The Morgan fingerprint density at radius 3 is 2.36 bits per heavy atom. The monoisotopic (exact) mass is 385 g/mol. The minimum Gasteiger partial charge on any atom is -0.444 e. The van der Waals surface area contributed by atoms with Gasteiger partial charge in [0.1, 0.15) is 5.60 Å². The molecule has 1 N–H and O–H groups in total. The lowest BCUT2D eigenvalue weighted by Crippen LogP contribution is -2.38. The van der Waals surface area contributed by atoms with Crippen LogP contribution in [0.4, 0.5) is 18.0 Å². The molecule has 8 nitrogen and oxygen atoms in total. The van der Waals surface area contributed by atoms with Crippen LogP contribution in [0.1, 0.15) is 32.0 Å². The second kappa shape index (κ2) is 6.39. The Hall–Kier alpha value is -1.98. The molecule has 1 amide bonds. The number of hydrogen-bond acceptors (Lipinski definition) is 6. The second-order valence-electron chi connectivity index (χ2n) is 6.44. The number of ether oxygens (including phenoxy) is 1. The van der Waals surface area contributed by atoms with Gasteiger partial charge in [-0.2, -0.15) is 21.6 Å². The second-order valence-corrected chi connectivity index (χ2v) is 7.97. The van der Waals surface area contributed by atoms with Crippen LogP contribution < -0.4 is 4.18 Å². The fraction of sp³-hybridized carbons (Fsp3) is 0.692. The Morgan fingerprint density at radius 2 is 1.80 bits per heavy atom. The highest BCUT2D eigenvalue weighted by Crippen LogP contribution is 2.30. The number of fused-ring (bicyclic) bond motifs is 1. The first-order valence-corrected chi connectivity index (χ1v) is 8.76. The average Bonchev–Trinajstić information content (AvgIpc) is 2.66. The lowest BCUT2D eigenvalue weighted by molar-refractivity contribution is -0.0501. The van der Waals surface area contributed by atoms with Crippen LogP contribution in [-0.4, -0.2) is 53.8 Å². The Morgan fingerprint density at radius 1 is 1.20 bits per heavy atom. The molecule has 1 aliphatic rings. The molecule has 1 aromatic heterocycles. The zero-order chi connectivity index (χ0) is 19.0. The summed E-state index contributed by atoms with van der Waals surface area (Å²) in [6.07, 6.45) is -0.235. The van der Waals surface area contributed by atoms with E-state index in [4.69, 9.17) is 4.74 Å². The van der Waals surface area contributed by atoms with Gasteiger partial charge in [-0.05, 0) is 27.2 Å². The number of aromatic nitrogens is 2. The zero-order valence-electron chi connectivity index (χ0n) is 13.8. The molecule has 0 saturated heterocycles. The summed E-state index contributed by atoms with van der Waals surface area (Å²) < 4.78 is 69.0. The van der Waals surface area contributed by atoms with Crippen LogP contribution in [0.15, 0.2) is 0 Å². The van der Waals surface area contributed by atoms with Crippen LogP contribution in [0, 0.1) is 0 Å². The first-order chi connectivity index (χ1) is 11.3. The molecule has 0 atom stereocenters. The van der Waals surface area contributed by atoms with Gasteiger partial charge in [-0.15, -0.1) is 5.10 Å². The number of H-pyrrole nitrogens is 1. The van der Waals surface area contributed by atoms with E-state index < -0.39 is 33.2 Å². The highest BCUT2D eigenvalue weighted by atomic mass is 32.2. The maximum Gasteiger partial charge on any atom is 0.534 e. The fourth-order valence-electron chi connectivity index (χ4n) is 2.18. The Labute approximate surface area is 142 Å². The van der Waals surface area contributed by atoms with E-state index in [9.17, 15) is 26.4 Å². The number of carbonyl (C=O) groups excluding carboxylic acids is 1. The molecule has 0 aromatic carbocycles. The number of nitrogens with one attached hydrogen (secondary N) is 1. The van der Waals surface area contributed by atoms with E-state index in [1.54, 1.807) is 20.8 Å². The predicted molar refractivity (Wildman–Crippen MR) is 79.4 cm³/mol. The molecular formula is C13H18F3N3O5S. The number of halogens is 3. The van der Waals surface area contributed by atoms with E-state index in [1.807, 2.05) is 0 Å². The van der Waals surface area contributed by atoms with Crippen LogP contribution in [0.5, 0.6) is 5.88 Å². The minimum absolute atomic E-state index is 0.0772. The van der Waals surface area contributed by atoms with Gasteiger partial charge in [0, 0.05) is 30.8 Å². The average molecular weight is 385 g/mol. The van der Waals surface area contributed by atoms with Crippen molar-refractivity contribution in [2.24, 2.45) is 0 Å². The van der Waals surface area contributed by atoms with Crippen molar-refractivity contribution < 1.29 is 35.3 Å². The van der Waals surface area contributed by atoms with Crippen molar-refractivity contribution >= 4 is 16.2 Å². The van der Waals surface area contributed by atoms with E-state index >= 15 is 0 Å². The molecule has 2 rings (SSSR count). The third kappa shape index (κ3) is 4.55. The fourth-order valence-corrected chi connectivity index (χ4v) is 2.62. The Bertz CT molecular complexity index is 752. The molecule has 1 aromatic rings. The van der Waals surface area contributed by atoms with Crippen LogP contribution in [0.2, 0.25) is 0 Å². The summed E-state index contributed by atoms with van der Waals surface area (Å²) in [5.74, 6) is -0.654. The smallest absolute Gasteiger partial charge is 0.444 e. The van der Waals surface area contributed by atoms with Gasteiger partial charge in [-0.3, -0.25) is 5.10 Å². The summed E-state index contributed by atoms with van der Waals surface area (Å²) in [6.45, 7) is 5.51. The molecule has 0 fully saturated rings. The van der Waals surface area contributed by atoms with Gasteiger partial charge in [0.15, 0.2) is 0 Å². The van der Waals surface area contributed by atoms with Crippen LogP contribution in [0.25, 0.3) is 0 Å². The SMILES string of the molecule is CC(C)(C)OC(=O)N1CCc2[nH]nc(OS(=O)(=O)C(F)(F)F)c2CC1. The largest absolute Gasteiger partial charge is 0.534 e. The summed E-state index contributed by atoms with van der Waals surface area (Å²) in [5.41, 5.74) is -5.63.